The maximum atomic E-state index is 12.6. The van der Waals surface area contributed by atoms with Gasteiger partial charge in [-0.15, -0.1) is 0 Å². The van der Waals surface area contributed by atoms with Crippen LogP contribution in [0.1, 0.15) is 38.7 Å². The molecule has 0 N–H and O–H groups in total. The first kappa shape index (κ1) is 21.8. The molecule has 9 heteroatoms. The number of hydrogen-bond donors (Lipinski definition) is 0. The smallest absolute Gasteiger partial charge is 0.242 e. The lowest BCUT2D eigenvalue weighted by molar-refractivity contribution is -0.134. The summed E-state index contributed by atoms with van der Waals surface area (Å²) in [5.74, 6) is -1.31. The summed E-state index contributed by atoms with van der Waals surface area (Å²) in [5, 5.41) is 0. The lowest BCUT2D eigenvalue weighted by atomic mass is 9.98. The number of piperidine rings is 1. The van der Waals surface area contributed by atoms with Gasteiger partial charge < -0.3 is 4.90 Å². The predicted molar refractivity (Wildman–Crippen MR) is 104 cm³/mol. The van der Waals surface area contributed by atoms with Crippen LogP contribution in [-0.2, 0) is 30.4 Å². The number of likely N-dealkylation sites (tertiary alicyclic amines) is 1. The Bertz CT molecular complexity index is 884. The van der Waals surface area contributed by atoms with Gasteiger partial charge in [-0.2, -0.15) is 0 Å². The third kappa shape index (κ3) is 5.30. The number of sulfone groups is 1. The minimum absolute atomic E-state index is 0.0322. The molecule has 1 aliphatic rings. The number of sulfonamides is 1. The van der Waals surface area contributed by atoms with Gasteiger partial charge in [0.1, 0.15) is 5.75 Å². The van der Waals surface area contributed by atoms with E-state index < -0.39 is 25.6 Å². The van der Waals surface area contributed by atoms with E-state index in [1.807, 2.05) is 13.8 Å². The van der Waals surface area contributed by atoms with Crippen molar-refractivity contribution in [2.45, 2.75) is 55.8 Å². The van der Waals surface area contributed by atoms with Crippen molar-refractivity contribution in [3.63, 3.8) is 0 Å². The van der Waals surface area contributed by atoms with Gasteiger partial charge >= 0.3 is 0 Å². The standard InChI is InChI=1S/C18H28N2O5S2/c1-14-7-5-8-15(2)20(14)18(21)13-26(22,23)12-16-9-6-10-17(11-16)27(24,25)19(3)4/h6,9-11,14-15H,5,7-8,12-13H2,1-4H3/t14-,15+. The summed E-state index contributed by atoms with van der Waals surface area (Å²) in [6.45, 7) is 3.88. The van der Waals surface area contributed by atoms with E-state index >= 15 is 0 Å². The summed E-state index contributed by atoms with van der Waals surface area (Å²) in [4.78, 5) is 14.3. The van der Waals surface area contributed by atoms with Crippen molar-refractivity contribution in [3.8, 4) is 0 Å². The molecule has 152 valence electrons. The summed E-state index contributed by atoms with van der Waals surface area (Å²) in [5.41, 5.74) is 0.352. The fourth-order valence-corrected chi connectivity index (χ4v) is 5.77. The summed E-state index contributed by atoms with van der Waals surface area (Å²) in [6.07, 6.45) is 2.78. The van der Waals surface area contributed by atoms with E-state index in [2.05, 4.69) is 0 Å². The van der Waals surface area contributed by atoms with E-state index in [9.17, 15) is 21.6 Å². The zero-order valence-corrected chi connectivity index (χ0v) is 17.9. The Labute approximate surface area is 162 Å². The van der Waals surface area contributed by atoms with Gasteiger partial charge in [0.2, 0.25) is 15.9 Å². The zero-order chi connectivity index (χ0) is 20.4. The third-order valence-corrected chi connectivity index (χ3v) is 8.16. The Hall–Kier alpha value is -1.45. The molecule has 0 aliphatic carbocycles. The highest BCUT2D eigenvalue weighted by molar-refractivity contribution is 7.91. The molecule has 2 rings (SSSR count). The van der Waals surface area contributed by atoms with Crippen LogP contribution in [0.5, 0.6) is 0 Å². The topological polar surface area (TPSA) is 91.8 Å². The average molecular weight is 417 g/mol. The van der Waals surface area contributed by atoms with E-state index in [1.165, 1.54) is 32.3 Å². The van der Waals surface area contributed by atoms with Gasteiger partial charge in [0.05, 0.1) is 10.6 Å². The zero-order valence-electron chi connectivity index (χ0n) is 16.3. The summed E-state index contributed by atoms with van der Waals surface area (Å²) >= 11 is 0. The van der Waals surface area contributed by atoms with Gasteiger partial charge in [0.25, 0.3) is 0 Å². The molecule has 0 unspecified atom stereocenters. The minimum Gasteiger partial charge on any atom is -0.336 e. The lowest BCUT2D eigenvalue weighted by Crippen LogP contribution is -2.49. The molecule has 0 spiro atoms. The SMILES string of the molecule is C[C@@H]1CCC[C@H](C)N1C(=O)CS(=O)(=O)Cc1cccc(S(=O)(=O)N(C)C)c1. The highest BCUT2D eigenvalue weighted by Gasteiger charge is 2.31. The number of rotatable bonds is 6. The number of hydrogen-bond acceptors (Lipinski definition) is 5. The van der Waals surface area contributed by atoms with Crippen molar-refractivity contribution < 1.29 is 21.6 Å². The first-order valence-electron chi connectivity index (χ1n) is 8.97. The number of carbonyl (C=O) groups is 1. The molecule has 27 heavy (non-hydrogen) atoms. The fraction of sp³-hybridized carbons (Fsp3) is 0.611. The van der Waals surface area contributed by atoms with Crippen LogP contribution in [0.3, 0.4) is 0 Å². The van der Waals surface area contributed by atoms with Crippen molar-refractivity contribution in [3.05, 3.63) is 29.8 Å². The molecule has 1 heterocycles. The van der Waals surface area contributed by atoms with Crippen LogP contribution in [0, 0.1) is 0 Å². The lowest BCUT2D eigenvalue weighted by Gasteiger charge is -2.39. The van der Waals surface area contributed by atoms with E-state index in [4.69, 9.17) is 0 Å². The molecule has 1 fully saturated rings. The Morgan fingerprint density at radius 3 is 2.26 bits per heavy atom. The molecule has 2 atom stereocenters. The van der Waals surface area contributed by atoms with Crippen LogP contribution in [-0.4, -0.2) is 63.9 Å². The Balaban J connectivity index is 2.16. The van der Waals surface area contributed by atoms with Crippen molar-refractivity contribution >= 4 is 25.8 Å². The van der Waals surface area contributed by atoms with Crippen molar-refractivity contribution in [2.75, 3.05) is 19.8 Å². The van der Waals surface area contributed by atoms with Crippen molar-refractivity contribution in [1.82, 2.24) is 9.21 Å². The van der Waals surface area contributed by atoms with Gasteiger partial charge in [-0.25, -0.2) is 21.1 Å². The monoisotopic (exact) mass is 416 g/mol. The van der Waals surface area contributed by atoms with Crippen LogP contribution in [0.4, 0.5) is 0 Å². The molecule has 1 aromatic carbocycles. The second-order valence-corrected chi connectivity index (χ2v) is 11.6. The van der Waals surface area contributed by atoms with E-state index in [0.717, 1.165) is 23.6 Å². The number of amides is 1. The molecule has 1 aliphatic heterocycles. The molecular formula is C18H28N2O5S2. The maximum Gasteiger partial charge on any atom is 0.242 e. The van der Waals surface area contributed by atoms with Crippen LogP contribution in [0.15, 0.2) is 29.2 Å². The quantitative estimate of drug-likeness (QED) is 0.703. The van der Waals surface area contributed by atoms with Gasteiger partial charge in [0, 0.05) is 26.2 Å². The van der Waals surface area contributed by atoms with Crippen LogP contribution in [0.2, 0.25) is 0 Å². The first-order valence-corrected chi connectivity index (χ1v) is 12.2. The molecule has 0 radical (unpaired) electrons. The van der Waals surface area contributed by atoms with Crippen LogP contribution >= 0.6 is 0 Å². The van der Waals surface area contributed by atoms with Gasteiger partial charge in [0.15, 0.2) is 9.84 Å². The first-order chi connectivity index (χ1) is 12.4. The summed E-state index contributed by atoms with van der Waals surface area (Å²) in [6, 6.07) is 5.91. The molecule has 1 amide bonds. The predicted octanol–water partition coefficient (Wildman–Crippen LogP) is 1.64. The second kappa shape index (κ2) is 8.28. The van der Waals surface area contributed by atoms with Crippen LogP contribution in [0.25, 0.3) is 0 Å². The van der Waals surface area contributed by atoms with E-state index in [-0.39, 0.29) is 28.6 Å². The van der Waals surface area contributed by atoms with Gasteiger partial charge in [-0.3, -0.25) is 4.79 Å². The van der Waals surface area contributed by atoms with Gasteiger partial charge in [-0.1, -0.05) is 12.1 Å². The fourth-order valence-electron chi connectivity index (χ4n) is 3.49. The van der Waals surface area contributed by atoms with Gasteiger partial charge in [-0.05, 0) is 50.8 Å². The normalized spacial score (nSPS) is 21.4. The third-order valence-electron chi connectivity index (χ3n) is 4.89. The second-order valence-electron chi connectivity index (χ2n) is 7.40. The summed E-state index contributed by atoms with van der Waals surface area (Å²) < 4.78 is 50.6. The molecule has 1 saturated heterocycles. The highest BCUT2D eigenvalue weighted by Crippen LogP contribution is 2.23. The molecule has 1 aromatic rings. The van der Waals surface area contributed by atoms with Crippen LogP contribution < -0.4 is 0 Å². The molecule has 0 aromatic heterocycles. The molecule has 0 saturated carbocycles. The van der Waals surface area contributed by atoms with Crippen molar-refractivity contribution in [2.24, 2.45) is 0 Å². The number of nitrogens with zero attached hydrogens (tertiary/aromatic N) is 2. The Morgan fingerprint density at radius 2 is 1.70 bits per heavy atom. The number of benzene rings is 1. The Morgan fingerprint density at radius 1 is 1.11 bits per heavy atom. The molecule has 7 nitrogen and oxygen atoms in total. The largest absolute Gasteiger partial charge is 0.336 e. The highest BCUT2D eigenvalue weighted by atomic mass is 32.2. The molecular weight excluding hydrogens is 388 g/mol. The summed E-state index contributed by atoms with van der Waals surface area (Å²) in [7, 11) is -4.53. The minimum atomic E-state index is -3.71. The Kier molecular flexibility index (Phi) is 6.70. The van der Waals surface area contributed by atoms with E-state index in [1.54, 1.807) is 11.0 Å². The van der Waals surface area contributed by atoms with Crippen molar-refractivity contribution in [1.29, 1.82) is 0 Å². The average Bonchev–Trinajstić information content (AvgIpc) is 2.53. The maximum absolute atomic E-state index is 12.6. The number of carbonyl (C=O) groups excluding carboxylic acids is 1. The van der Waals surface area contributed by atoms with E-state index in [0.29, 0.717) is 5.56 Å². The molecule has 0 bridgehead atoms.